The number of benzene rings is 1. The molecule has 0 unspecified atom stereocenters. The fourth-order valence-electron chi connectivity index (χ4n) is 3.07. The molecule has 4 rings (SSSR count). The third-order valence-corrected chi connectivity index (χ3v) is 5.67. The number of nitrogens with one attached hydrogen (secondary N) is 1. The summed E-state index contributed by atoms with van der Waals surface area (Å²) in [6.07, 6.45) is 1.48. The molecule has 0 saturated carbocycles. The molecule has 0 aliphatic carbocycles. The number of carbonyl (C=O) groups excluding carboxylic acids is 1. The van der Waals surface area contributed by atoms with Crippen molar-refractivity contribution in [2.75, 3.05) is 29.1 Å². The van der Waals surface area contributed by atoms with Crippen molar-refractivity contribution in [1.82, 2.24) is 30.0 Å². The molecule has 9 nitrogen and oxygen atoms in total. The summed E-state index contributed by atoms with van der Waals surface area (Å²) in [6.45, 7) is 2.98. The van der Waals surface area contributed by atoms with Gasteiger partial charge < -0.3 is 10.2 Å². The highest BCUT2D eigenvalue weighted by Crippen LogP contribution is 2.36. The second-order valence-electron chi connectivity index (χ2n) is 6.10. The first-order valence-corrected chi connectivity index (χ1v) is 9.63. The summed E-state index contributed by atoms with van der Waals surface area (Å²) in [5.41, 5.74) is 3.17. The fourth-order valence-corrected chi connectivity index (χ4v) is 4.38. The molecule has 1 N–H and O–H groups in total. The molecule has 11 heteroatoms. The zero-order valence-electron chi connectivity index (χ0n) is 14.8. The number of hydrogen-bond acceptors (Lipinski definition) is 7. The van der Waals surface area contributed by atoms with Gasteiger partial charge in [0.2, 0.25) is 5.91 Å². The Labute approximate surface area is 164 Å². The van der Waals surface area contributed by atoms with Gasteiger partial charge in [0.25, 0.3) is 0 Å². The molecule has 3 aromatic rings. The van der Waals surface area contributed by atoms with E-state index in [0.29, 0.717) is 16.4 Å². The van der Waals surface area contributed by atoms with Crippen LogP contribution in [0.2, 0.25) is 5.02 Å². The Morgan fingerprint density at radius 3 is 3.04 bits per heavy atom. The average Bonchev–Trinajstić information content (AvgIpc) is 3.26. The van der Waals surface area contributed by atoms with E-state index in [9.17, 15) is 4.79 Å². The summed E-state index contributed by atoms with van der Waals surface area (Å²) in [6, 6.07) is 5.22. The normalized spacial score (nSPS) is 13.5. The summed E-state index contributed by atoms with van der Waals surface area (Å²) in [7, 11) is 1.92. The monoisotopic (exact) mass is 404 g/mol. The molecule has 0 atom stereocenters. The standard InChI is InChI=1S/C16H17ClN8OS/c1-10-15-16(23(2)20-10)27-6-5-24(15)8-14(26)19-13-7-11(3-4-12(13)17)25-9-18-21-22-25/h3-4,7,9H,5-6,8H2,1-2H3,(H,19,26). The predicted octanol–water partition coefficient (Wildman–Crippen LogP) is 1.91. The van der Waals surface area contributed by atoms with Gasteiger partial charge in [0.1, 0.15) is 11.4 Å². The Kier molecular flexibility index (Phi) is 4.75. The van der Waals surface area contributed by atoms with E-state index in [-0.39, 0.29) is 12.5 Å². The van der Waals surface area contributed by atoms with Crippen molar-refractivity contribution in [3.8, 4) is 5.69 Å². The van der Waals surface area contributed by atoms with Crippen molar-refractivity contribution in [1.29, 1.82) is 0 Å². The van der Waals surface area contributed by atoms with E-state index in [2.05, 4.69) is 30.8 Å². The molecule has 27 heavy (non-hydrogen) atoms. The average molecular weight is 405 g/mol. The molecule has 0 bridgehead atoms. The molecule has 1 aromatic carbocycles. The van der Waals surface area contributed by atoms with E-state index in [1.165, 1.54) is 11.0 Å². The highest BCUT2D eigenvalue weighted by molar-refractivity contribution is 7.99. The second-order valence-corrected chi connectivity index (χ2v) is 7.59. The van der Waals surface area contributed by atoms with E-state index in [0.717, 1.165) is 28.7 Å². The number of fused-ring (bicyclic) bond motifs is 1. The van der Waals surface area contributed by atoms with Gasteiger partial charge in [-0.05, 0) is 35.5 Å². The molecule has 3 heterocycles. The van der Waals surface area contributed by atoms with Crippen LogP contribution in [0.3, 0.4) is 0 Å². The number of hydrogen-bond donors (Lipinski definition) is 1. The number of aryl methyl sites for hydroxylation is 2. The first-order chi connectivity index (χ1) is 13.0. The lowest BCUT2D eigenvalue weighted by Crippen LogP contribution is -2.37. The first-order valence-electron chi connectivity index (χ1n) is 8.27. The predicted molar refractivity (Wildman–Crippen MR) is 104 cm³/mol. The Hall–Kier alpha value is -2.59. The van der Waals surface area contributed by atoms with Gasteiger partial charge in [-0.3, -0.25) is 9.48 Å². The summed E-state index contributed by atoms with van der Waals surface area (Å²) in [5, 5.41) is 20.0. The van der Waals surface area contributed by atoms with Gasteiger partial charge in [0.15, 0.2) is 0 Å². The topological polar surface area (TPSA) is 93.8 Å². The number of nitrogens with zero attached hydrogens (tertiary/aromatic N) is 7. The SMILES string of the molecule is Cc1nn(C)c2c1N(CC(=O)Nc1cc(-n3cnnn3)ccc1Cl)CCS2. The number of anilines is 2. The lowest BCUT2D eigenvalue weighted by atomic mass is 10.2. The van der Waals surface area contributed by atoms with Crippen LogP contribution >= 0.6 is 23.4 Å². The smallest absolute Gasteiger partial charge is 0.243 e. The van der Waals surface area contributed by atoms with Gasteiger partial charge in [-0.1, -0.05) is 11.6 Å². The van der Waals surface area contributed by atoms with Crippen LogP contribution in [0.4, 0.5) is 11.4 Å². The van der Waals surface area contributed by atoms with Crippen molar-refractivity contribution in [3.63, 3.8) is 0 Å². The van der Waals surface area contributed by atoms with Crippen LogP contribution in [0.1, 0.15) is 5.69 Å². The fraction of sp³-hybridized carbons (Fsp3) is 0.312. The van der Waals surface area contributed by atoms with E-state index in [1.54, 1.807) is 30.0 Å². The summed E-state index contributed by atoms with van der Waals surface area (Å²) in [4.78, 5) is 14.7. The van der Waals surface area contributed by atoms with Crippen LogP contribution in [-0.2, 0) is 11.8 Å². The molecule has 140 valence electrons. The van der Waals surface area contributed by atoms with Gasteiger partial charge in [0.05, 0.1) is 34.3 Å². The number of tetrazole rings is 1. The second kappa shape index (κ2) is 7.20. The van der Waals surface area contributed by atoms with Crippen LogP contribution in [0, 0.1) is 6.92 Å². The Morgan fingerprint density at radius 2 is 2.26 bits per heavy atom. The van der Waals surface area contributed by atoms with Crippen LogP contribution < -0.4 is 10.2 Å². The lowest BCUT2D eigenvalue weighted by Gasteiger charge is -2.28. The van der Waals surface area contributed by atoms with Crippen molar-refractivity contribution < 1.29 is 4.79 Å². The molecule has 2 aromatic heterocycles. The number of amides is 1. The van der Waals surface area contributed by atoms with Gasteiger partial charge in [-0.15, -0.1) is 16.9 Å². The number of carbonyl (C=O) groups is 1. The van der Waals surface area contributed by atoms with Gasteiger partial charge >= 0.3 is 0 Å². The summed E-state index contributed by atoms with van der Waals surface area (Å²) >= 11 is 8.01. The van der Waals surface area contributed by atoms with Crippen molar-refractivity contribution >= 4 is 40.6 Å². The first kappa shape index (κ1) is 17.8. The molecule has 1 aliphatic rings. The van der Waals surface area contributed by atoms with Gasteiger partial charge in [0, 0.05) is 19.3 Å². The number of halogens is 1. The molecular formula is C16H17ClN8OS. The third kappa shape index (κ3) is 3.50. The third-order valence-electron chi connectivity index (χ3n) is 4.23. The molecule has 0 radical (unpaired) electrons. The van der Waals surface area contributed by atoms with E-state index in [4.69, 9.17) is 11.6 Å². The molecule has 1 aliphatic heterocycles. The highest BCUT2D eigenvalue weighted by Gasteiger charge is 2.25. The quantitative estimate of drug-likeness (QED) is 0.709. The highest BCUT2D eigenvalue weighted by atomic mass is 35.5. The van der Waals surface area contributed by atoms with Crippen LogP contribution in [0.15, 0.2) is 29.6 Å². The van der Waals surface area contributed by atoms with E-state index < -0.39 is 0 Å². The van der Waals surface area contributed by atoms with Gasteiger partial charge in [-0.2, -0.15) is 5.10 Å². The molecule has 0 fully saturated rings. The maximum Gasteiger partial charge on any atom is 0.243 e. The molecule has 1 amide bonds. The van der Waals surface area contributed by atoms with E-state index >= 15 is 0 Å². The van der Waals surface area contributed by atoms with E-state index in [1.807, 2.05) is 18.7 Å². The molecule has 0 spiro atoms. The van der Waals surface area contributed by atoms with Crippen LogP contribution in [0.25, 0.3) is 5.69 Å². The zero-order valence-corrected chi connectivity index (χ0v) is 16.3. The van der Waals surface area contributed by atoms with Crippen LogP contribution in [0.5, 0.6) is 0 Å². The minimum atomic E-state index is -0.146. The maximum absolute atomic E-state index is 12.7. The number of rotatable bonds is 4. The molecular weight excluding hydrogens is 388 g/mol. The number of thioether (sulfide) groups is 1. The maximum atomic E-state index is 12.7. The minimum Gasteiger partial charge on any atom is -0.358 e. The van der Waals surface area contributed by atoms with Gasteiger partial charge in [-0.25, -0.2) is 4.68 Å². The largest absolute Gasteiger partial charge is 0.358 e. The Balaban J connectivity index is 1.52. The number of aromatic nitrogens is 6. The van der Waals surface area contributed by atoms with Crippen molar-refractivity contribution in [2.24, 2.45) is 7.05 Å². The Bertz CT molecular complexity index is 987. The van der Waals surface area contributed by atoms with Crippen molar-refractivity contribution in [3.05, 3.63) is 35.2 Å². The summed E-state index contributed by atoms with van der Waals surface area (Å²) in [5.74, 6) is 0.765. The Morgan fingerprint density at radius 1 is 1.41 bits per heavy atom. The summed E-state index contributed by atoms with van der Waals surface area (Å²) < 4.78 is 3.37. The van der Waals surface area contributed by atoms with Crippen molar-refractivity contribution in [2.45, 2.75) is 11.9 Å². The molecule has 0 saturated heterocycles. The lowest BCUT2D eigenvalue weighted by molar-refractivity contribution is -0.115. The minimum absolute atomic E-state index is 0.146. The zero-order chi connectivity index (χ0) is 19.0. The van der Waals surface area contributed by atoms with Crippen LogP contribution in [-0.4, -0.2) is 54.7 Å².